The van der Waals surface area contributed by atoms with E-state index in [0.717, 1.165) is 50.2 Å². The summed E-state index contributed by atoms with van der Waals surface area (Å²) < 4.78 is 123. The van der Waals surface area contributed by atoms with Crippen LogP contribution in [0.4, 0.5) is 35.1 Å². The van der Waals surface area contributed by atoms with Crippen LogP contribution in [0.3, 0.4) is 0 Å². The number of halogens is 17. The van der Waals surface area contributed by atoms with E-state index in [9.17, 15) is 83.4 Å². The number of aromatic hydroxyl groups is 2. The number of carboxylic acid groups (broad SMARTS) is 2. The molecular formula is C83H129BClF8I8N3O18V3-2. The van der Waals surface area contributed by atoms with Gasteiger partial charge in [-0.05, 0) is 173 Å². The monoisotopic (exact) mass is 2820 g/mol. The van der Waals surface area contributed by atoms with E-state index in [4.69, 9.17) is 48.0 Å². The second kappa shape index (κ2) is 82.8. The molecule has 7 N–H and O–H groups in total. The Balaban J connectivity index is -0.000000147. The summed E-state index contributed by atoms with van der Waals surface area (Å²) in [6, 6.07) is 11.3. The number of esters is 4. The van der Waals surface area contributed by atoms with Gasteiger partial charge in [0.2, 0.25) is 29.5 Å². The van der Waals surface area contributed by atoms with Gasteiger partial charge in [-0.25, -0.2) is 35.1 Å². The van der Waals surface area contributed by atoms with Crippen LogP contribution in [0.15, 0.2) is 48.5 Å². The Hall–Kier alpha value is 0.558. The first-order valence-electron chi connectivity index (χ1n) is 38.5. The van der Waals surface area contributed by atoms with E-state index in [2.05, 4.69) is 165 Å². The van der Waals surface area contributed by atoms with E-state index in [-0.39, 0.29) is 240 Å². The number of phenols is 2. The third-order valence-electron chi connectivity index (χ3n) is 21.5. The molecule has 0 saturated heterocycles. The van der Waals surface area contributed by atoms with Crippen molar-refractivity contribution in [3.8, 4) is 11.5 Å². The summed E-state index contributed by atoms with van der Waals surface area (Å²) in [6.07, 6.45) is 9.31. The number of ketones is 3. The summed E-state index contributed by atoms with van der Waals surface area (Å²) in [5, 5.41) is 44.4. The SMILES string of the molecule is C.CI.COC(=O)[C@@H](C)C1CCC(=O)CC1.COC(=O)[C@@H](C)C1CCC(F)(F)CC1.COC(=O)[C@@H](C)C1CCC(O)CC1.COC(=O)[C@@H](C)c1ccc(O)cc1.C[C@H](C(=O)C=[N+]=[N-])C1CCC(F)(F)CC1.C[C@H](C(=O)CCl)C1CCC(F)(F)CC1.C[C@H](C(=O)O)C1CCC(F)(F)CC1.IC(I)I.ICI.N[C@H](C(=O)O)c1ccc(O)cc1.[B]I.[CH2-]I.[CH3-].[V].[V].[V]. The van der Waals surface area contributed by atoms with E-state index in [1.165, 1.54) is 55.1 Å². The molecule has 6 saturated carbocycles. The van der Waals surface area contributed by atoms with Crippen LogP contribution in [0.25, 0.3) is 5.53 Å². The van der Waals surface area contributed by atoms with Gasteiger partial charge in [-0.15, -0.1) is 11.6 Å². The third kappa shape index (κ3) is 68.3. The van der Waals surface area contributed by atoms with Gasteiger partial charge < -0.3 is 85.8 Å². The van der Waals surface area contributed by atoms with Crippen molar-refractivity contribution in [1.82, 2.24) is 0 Å². The number of ether oxygens (including phenoxy) is 4. The van der Waals surface area contributed by atoms with Gasteiger partial charge in [0, 0.05) is 132 Å². The van der Waals surface area contributed by atoms with Gasteiger partial charge in [-0.1, -0.05) is 209 Å². The number of alkyl halides is 15. The topological polar surface area (TPSA) is 354 Å². The number of phenolic OH excluding ortho intramolecular Hbond substituents is 2. The number of hydrogen-bond donors (Lipinski definition) is 6. The Morgan fingerprint density at radius 2 is 0.752 bits per heavy atom. The zero-order valence-corrected chi connectivity index (χ0v) is 94.6. The molecule has 125 heavy (non-hydrogen) atoms. The quantitative estimate of drug-likeness (QED) is 0.00771. The molecule has 5 radical (unpaired) electrons. The van der Waals surface area contributed by atoms with Gasteiger partial charge in [0.1, 0.15) is 23.3 Å². The van der Waals surface area contributed by atoms with Crippen molar-refractivity contribution in [2.75, 3.05) is 41.7 Å². The van der Waals surface area contributed by atoms with Gasteiger partial charge in [0.05, 0.1) is 72.4 Å². The van der Waals surface area contributed by atoms with Gasteiger partial charge >= 0.3 is 42.0 Å². The molecule has 2 aromatic carbocycles. The summed E-state index contributed by atoms with van der Waals surface area (Å²) in [5.41, 5.74) is 19.3. The van der Waals surface area contributed by atoms with Gasteiger partial charge in [-0.2, -0.15) is 27.2 Å². The number of nitrogens with zero attached hydrogens (tertiary/aromatic N) is 2. The maximum absolute atomic E-state index is 12.8. The first kappa shape index (κ1) is 146. The molecule has 6 fully saturated rings. The molecular weight excluding hydrogens is 2690 g/mol. The molecule has 6 aliphatic rings. The van der Waals surface area contributed by atoms with Crippen LogP contribution in [0.2, 0.25) is 0 Å². The van der Waals surface area contributed by atoms with Crippen molar-refractivity contribution >= 4 is 257 Å². The Labute approximate surface area is 888 Å². The molecule has 8 atom stereocenters. The number of methoxy groups -OCH3 is 4. The zero-order valence-electron chi connectivity index (χ0n) is 72.4. The van der Waals surface area contributed by atoms with E-state index in [0.29, 0.717) is 87.4 Å². The maximum atomic E-state index is 12.8. The first-order chi connectivity index (χ1) is 56.0. The van der Waals surface area contributed by atoms with E-state index < -0.39 is 47.6 Å². The Bertz CT molecular complexity index is 3170. The Morgan fingerprint density at radius 1 is 0.504 bits per heavy atom. The average molecular weight is 2820 g/mol. The zero-order chi connectivity index (χ0) is 94.0. The second-order valence-electron chi connectivity index (χ2n) is 29.2. The van der Waals surface area contributed by atoms with Crippen molar-refractivity contribution in [1.29, 1.82) is 0 Å². The van der Waals surface area contributed by atoms with Crippen molar-refractivity contribution < 1.29 is 183 Å². The van der Waals surface area contributed by atoms with Crippen LogP contribution >= 0.6 is 192 Å². The van der Waals surface area contributed by atoms with Gasteiger partial charge in [-0.3, -0.25) is 48.1 Å². The molecule has 2 aromatic rings. The number of Topliss-reactive ketones (excluding diaryl/α,β-unsaturated/α-hetero) is 3. The fourth-order valence-corrected chi connectivity index (χ4v) is 13.6. The minimum absolute atomic E-state index is 0. The van der Waals surface area contributed by atoms with Crippen LogP contribution < -0.4 is 5.73 Å². The summed E-state index contributed by atoms with van der Waals surface area (Å²) in [5.74, 6) is -13.5. The fourth-order valence-electron chi connectivity index (χ4n) is 13.3. The molecule has 0 spiro atoms. The predicted molar refractivity (Wildman–Crippen MR) is 534 cm³/mol. The number of carbonyl (C=O) groups is 9. The van der Waals surface area contributed by atoms with Crippen LogP contribution in [0.5, 0.6) is 11.5 Å². The molecule has 723 valence electrons. The molecule has 0 heterocycles. The number of aliphatic hydroxyl groups is 1. The molecule has 42 heteroatoms. The Kier molecular flexibility index (Phi) is 96.6. The largest absolute Gasteiger partial charge is 0.508 e. The number of benzene rings is 2. The number of hydrogen-bond acceptors (Lipinski definition) is 17. The molecule has 0 amide bonds. The number of aliphatic carboxylic acids is 2. The number of carboxylic acids is 2. The van der Waals surface area contributed by atoms with Gasteiger partial charge in [0.25, 0.3) is 0 Å². The summed E-state index contributed by atoms with van der Waals surface area (Å²) in [4.78, 5) is 107. The molecule has 0 bridgehead atoms. The number of aliphatic hydroxyl groups excluding tert-OH is 1. The van der Waals surface area contributed by atoms with Crippen molar-refractivity contribution in [2.45, 2.75) is 252 Å². The van der Waals surface area contributed by atoms with Crippen LogP contribution in [-0.4, -0.2) is 167 Å². The summed E-state index contributed by atoms with van der Waals surface area (Å²) in [7, 11) is 5.53. The minimum atomic E-state index is -2.57. The minimum Gasteiger partial charge on any atom is -0.508 e. The van der Waals surface area contributed by atoms with Crippen LogP contribution in [-0.2, 0) is 118 Å². The van der Waals surface area contributed by atoms with Crippen molar-refractivity contribution in [2.24, 2.45) is 76.7 Å². The van der Waals surface area contributed by atoms with Crippen molar-refractivity contribution in [3.63, 3.8) is 0 Å². The second-order valence-corrected chi connectivity index (χ2v) is 44.8. The van der Waals surface area contributed by atoms with E-state index in [1.807, 2.05) is 41.4 Å². The van der Waals surface area contributed by atoms with E-state index >= 15 is 0 Å². The predicted octanol–water partition coefficient (Wildman–Crippen LogP) is 24.0. The van der Waals surface area contributed by atoms with Crippen LogP contribution in [0.1, 0.15) is 233 Å². The summed E-state index contributed by atoms with van der Waals surface area (Å²) in [6.45, 7) is 12.4. The number of carbonyl (C=O) groups excluding carboxylic acids is 7. The van der Waals surface area contributed by atoms with E-state index in [1.54, 1.807) is 81.3 Å². The molecule has 0 unspecified atom stereocenters. The standard InChI is InChI=1S/C10H15ClF2O.C10H14F2N2O.C10H16F2O2.C10H18O3.C10H16O3.C10H12O3.C9H14F2O2.C8H9NO3.CHI3.CH2I2.CH3I.CH2I.CH4.CH3.BI.3V/c1-7(9(14)6-11)8-2-4-10(12,13)5-3-8;1-7(9(15)6-14-13)8-2-4-10(11,12)5-3-8;1-7(9(13)14-2)8-3-5-10(11,12)6-4-8;3*1-7(10(12)13-2)8-3-5-9(11)6-4-8;1-6(8(12)13)7-2-4-9(10,11)5-3-7;9-7(8(11)12)5-1-3-6(10)4-2-5;2-1(3)4;2-1-3;2*1-2;;;1-2;;;/h7-8H,2-6H2,1H3;6-8H,2-5H2,1H3;7-8H,3-6H2,1-2H3;7-9,11H,3-6H2,1-2H3;7-8H,3-6H2,1-2H3;3-7,11H,1-2H3;6-7H,2-5H2,1H3,(H,12,13);1-4,7,10H,9H2,(H,11,12);1H;1H2;1H3;1H2;1H4;1H3;;;;/q;;;;;;;;;;;-1;;-1;;;;/t3*7-;7-,8?,9?;2*7-;6-;7-;;;;;;;;;;/m00000000........../s1. The smallest absolute Gasteiger partial charge is 0.325 e. The fraction of sp³-hybridized carbons (Fsp3) is 0.711. The third-order valence-corrected chi connectivity index (χ3v) is 21.7. The molecule has 6 aliphatic carbocycles. The first-order valence-corrected chi connectivity index (χ1v) is 50.8. The number of nitrogens with two attached hydrogens (primary N) is 1. The molecule has 0 aromatic heterocycles. The molecule has 21 nitrogen and oxygen atoms in total. The molecule has 8 rings (SSSR count). The molecule has 0 aliphatic heterocycles. The van der Waals surface area contributed by atoms with Gasteiger partial charge in [0.15, 0.2) is 11.5 Å². The number of rotatable bonds is 18. The average Bonchev–Trinajstić information content (AvgIpc) is 0.858. The normalized spacial score (nSPS) is 19.3. The summed E-state index contributed by atoms with van der Waals surface area (Å²) >= 11 is 22.6. The maximum Gasteiger partial charge on any atom is 0.325 e. The van der Waals surface area contributed by atoms with Crippen LogP contribution in [0, 0.1) is 83.4 Å². The van der Waals surface area contributed by atoms with Crippen molar-refractivity contribution in [3.05, 3.63) is 77.5 Å². The Morgan fingerprint density at radius 3 is 1.01 bits per heavy atom.